The molecule has 0 aliphatic carbocycles. The zero-order valence-electron chi connectivity index (χ0n) is 11.5. The van der Waals surface area contributed by atoms with Crippen molar-refractivity contribution in [2.45, 2.75) is 6.92 Å². The number of aryl methyl sites for hydroxylation is 1. The standard InChI is InChI=1S/C14H10N4O4/c1-8-4-5-15-14-16-12(17-18(8)14)13(19)22-9-2-3-10-11(6-9)21-7-20-10/h2-6H,7H2,1H3. The molecule has 8 nitrogen and oxygen atoms in total. The van der Waals surface area contributed by atoms with Crippen LogP contribution < -0.4 is 14.2 Å². The van der Waals surface area contributed by atoms with E-state index in [2.05, 4.69) is 15.1 Å². The van der Waals surface area contributed by atoms with Gasteiger partial charge in [0.15, 0.2) is 11.5 Å². The molecular weight excluding hydrogens is 288 g/mol. The third-order valence-electron chi connectivity index (χ3n) is 3.17. The van der Waals surface area contributed by atoms with Gasteiger partial charge in [0.05, 0.1) is 0 Å². The number of fused-ring (bicyclic) bond motifs is 2. The summed E-state index contributed by atoms with van der Waals surface area (Å²) in [5.74, 6) is 1.11. The number of carbonyl (C=O) groups excluding carboxylic acids is 1. The van der Waals surface area contributed by atoms with Gasteiger partial charge < -0.3 is 14.2 Å². The lowest BCUT2D eigenvalue weighted by Crippen LogP contribution is -2.11. The molecule has 0 amide bonds. The summed E-state index contributed by atoms with van der Waals surface area (Å²) in [5.41, 5.74) is 0.819. The molecular formula is C14H10N4O4. The van der Waals surface area contributed by atoms with E-state index in [4.69, 9.17) is 14.2 Å². The maximum Gasteiger partial charge on any atom is 0.383 e. The first-order valence-corrected chi connectivity index (χ1v) is 6.51. The van der Waals surface area contributed by atoms with Crippen molar-refractivity contribution in [1.29, 1.82) is 0 Å². The molecule has 0 N–H and O–H groups in total. The number of nitrogens with zero attached hydrogens (tertiary/aromatic N) is 4. The lowest BCUT2D eigenvalue weighted by atomic mass is 10.3. The average Bonchev–Trinajstić information content (AvgIpc) is 3.13. The smallest absolute Gasteiger partial charge is 0.383 e. The van der Waals surface area contributed by atoms with Crippen LogP contribution in [0.5, 0.6) is 17.2 Å². The van der Waals surface area contributed by atoms with E-state index in [0.29, 0.717) is 23.0 Å². The van der Waals surface area contributed by atoms with E-state index < -0.39 is 5.97 Å². The van der Waals surface area contributed by atoms with E-state index in [1.807, 2.05) is 6.92 Å². The van der Waals surface area contributed by atoms with Crippen LogP contribution >= 0.6 is 0 Å². The van der Waals surface area contributed by atoms with Crippen LogP contribution in [-0.2, 0) is 0 Å². The number of carbonyl (C=O) groups is 1. The second-order valence-electron chi connectivity index (χ2n) is 4.64. The molecule has 1 aliphatic heterocycles. The first-order valence-electron chi connectivity index (χ1n) is 6.51. The molecule has 1 aromatic carbocycles. The van der Waals surface area contributed by atoms with Crippen molar-refractivity contribution >= 4 is 11.7 Å². The van der Waals surface area contributed by atoms with Gasteiger partial charge in [0.1, 0.15) is 5.75 Å². The molecule has 0 atom stereocenters. The molecule has 0 saturated carbocycles. The number of hydrogen-bond acceptors (Lipinski definition) is 7. The van der Waals surface area contributed by atoms with Crippen LogP contribution in [0.4, 0.5) is 0 Å². The van der Waals surface area contributed by atoms with Crippen LogP contribution in [0.2, 0.25) is 0 Å². The Kier molecular flexibility index (Phi) is 2.68. The van der Waals surface area contributed by atoms with Crippen LogP contribution in [0, 0.1) is 6.92 Å². The molecule has 0 bridgehead atoms. The molecule has 0 radical (unpaired) electrons. The Morgan fingerprint density at radius 2 is 2.14 bits per heavy atom. The predicted molar refractivity (Wildman–Crippen MR) is 73.0 cm³/mol. The van der Waals surface area contributed by atoms with Crippen LogP contribution in [0.25, 0.3) is 5.78 Å². The van der Waals surface area contributed by atoms with Gasteiger partial charge in [-0.3, -0.25) is 0 Å². The van der Waals surface area contributed by atoms with Crippen molar-refractivity contribution in [3.63, 3.8) is 0 Å². The van der Waals surface area contributed by atoms with Gasteiger partial charge in [-0.1, -0.05) is 0 Å². The summed E-state index contributed by atoms with van der Waals surface area (Å²) in [7, 11) is 0. The third kappa shape index (κ3) is 2.01. The summed E-state index contributed by atoms with van der Waals surface area (Å²) in [5, 5.41) is 4.09. The highest BCUT2D eigenvalue weighted by Gasteiger charge is 2.19. The summed E-state index contributed by atoms with van der Waals surface area (Å²) < 4.78 is 17.2. The number of ether oxygens (including phenoxy) is 3. The zero-order valence-corrected chi connectivity index (χ0v) is 11.5. The monoisotopic (exact) mass is 298 g/mol. The minimum absolute atomic E-state index is 0.0560. The van der Waals surface area contributed by atoms with E-state index >= 15 is 0 Å². The predicted octanol–water partition coefficient (Wildman–Crippen LogP) is 1.38. The molecule has 0 fully saturated rings. The van der Waals surface area contributed by atoms with Gasteiger partial charge >= 0.3 is 5.97 Å². The van der Waals surface area contributed by atoms with E-state index in [1.165, 1.54) is 4.52 Å². The Labute approximate surface area is 124 Å². The van der Waals surface area contributed by atoms with Gasteiger partial charge in [-0.2, -0.15) is 4.98 Å². The van der Waals surface area contributed by atoms with Crippen LogP contribution in [0.3, 0.4) is 0 Å². The fourth-order valence-electron chi connectivity index (χ4n) is 2.09. The lowest BCUT2D eigenvalue weighted by molar-refractivity contribution is 0.0722. The van der Waals surface area contributed by atoms with Crippen molar-refractivity contribution in [3.05, 3.63) is 42.0 Å². The van der Waals surface area contributed by atoms with Crippen LogP contribution in [-0.4, -0.2) is 32.3 Å². The number of benzene rings is 1. The Bertz CT molecular complexity index is 890. The van der Waals surface area contributed by atoms with Crippen LogP contribution in [0.1, 0.15) is 16.3 Å². The number of aromatic nitrogens is 4. The summed E-state index contributed by atoms with van der Waals surface area (Å²) in [6.07, 6.45) is 1.60. The van der Waals surface area contributed by atoms with Crippen molar-refractivity contribution in [3.8, 4) is 17.2 Å². The quantitative estimate of drug-likeness (QED) is 0.521. The molecule has 22 heavy (non-hydrogen) atoms. The zero-order chi connectivity index (χ0) is 15.1. The molecule has 0 spiro atoms. The maximum absolute atomic E-state index is 12.1. The Morgan fingerprint density at radius 1 is 1.27 bits per heavy atom. The van der Waals surface area contributed by atoms with Gasteiger partial charge in [0.25, 0.3) is 11.6 Å². The molecule has 3 heterocycles. The van der Waals surface area contributed by atoms with Crippen molar-refractivity contribution in [1.82, 2.24) is 19.6 Å². The minimum Gasteiger partial charge on any atom is -0.454 e. The van der Waals surface area contributed by atoms with Crippen molar-refractivity contribution in [2.24, 2.45) is 0 Å². The second kappa shape index (κ2) is 4.69. The maximum atomic E-state index is 12.1. The second-order valence-corrected chi connectivity index (χ2v) is 4.64. The number of hydrogen-bond donors (Lipinski definition) is 0. The first-order chi connectivity index (χ1) is 10.7. The van der Waals surface area contributed by atoms with Gasteiger partial charge in [0, 0.05) is 18.0 Å². The average molecular weight is 298 g/mol. The summed E-state index contributed by atoms with van der Waals surface area (Å²) >= 11 is 0. The van der Waals surface area contributed by atoms with Gasteiger partial charge in [-0.15, -0.1) is 5.10 Å². The van der Waals surface area contributed by atoms with Gasteiger partial charge in [-0.25, -0.2) is 14.3 Å². The van der Waals surface area contributed by atoms with Crippen LogP contribution in [0.15, 0.2) is 30.5 Å². The van der Waals surface area contributed by atoms with E-state index in [0.717, 1.165) is 5.69 Å². The summed E-state index contributed by atoms with van der Waals surface area (Å²) in [6, 6.07) is 6.65. The topological polar surface area (TPSA) is 87.8 Å². The largest absolute Gasteiger partial charge is 0.454 e. The highest BCUT2D eigenvalue weighted by molar-refractivity contribution is 5.87. The number of rotatable bonds is 2. The molecule has 1 aliphatic rings. The van der Waals surface area contributed by atoms with Gasteiger partial charge in [0.2, 0.25) is 6.79 Å². The Hall–Kier alpha value is -3.16. The minimum atomic E-state index is -0.663. The van der Waals surface area contributed by atoms with E-state index in [1.54, 1.807) is 30.5 Å². The SMILES string of the molecule is Cc1ccnc2nc(C(=O)Oc3ccc4c(c3)OCO4)nn12. The molecule has 0 unspecified atom stereocenters. The molecule has 8 heteroatoms. The van der Waals surface area contributed by atoms with Crippen molar-refractivity contribution < 1.29 is 19.0 Å². The normalized spacial score (nSPS) is 12.6. The summed E-state index contributed by atoms with van der Waals surface area (Å²) in [6.45, 7) is 2.00. The van der Waals surface area contributed by atoms with E-state index in [-0.39, 0.29) is 12.6 Å². The number of esters is 1. The van der Waals surface area contributed by atoms with Crippen molar-refractivity contribution in [2.75, 3.05) is 6.79 Å². The molecule has 2 aromatic heterocycles. The highest BCUT2D eigenvalue weighted by atomic mass is 16.7. The molecule has 110 valence electrons. The fraction of sp³-hybridized carbons (Fsp3) is 0.143. The fourth-order valence-corrected chi connectivity index (χ4v) is 2.09. The summed E-state index contributed by atoms with van der Waals surface area (Å²) in [4.78, 5) is 20.2. The highest BCUT2D eigenvalue weighted by Crippen LogP contribution is 2.35. The Balaban J connectivity index is 1.62. The third-order valence-corrected chi connectivity index (χ3v) is 3.17. The van der Waals surface area contributed by atoms with E-state index in [9.17, 15) is 4.79 Å². The molecule has 3 aromatic rings. The lowest BCUT2D eigenvalue weighted by Gasteiger charge is -2.02. The molecule has 0 saturated heterocycles. The molecule has 4 rings (SSSR count). The first kappa shape index (κ1) is 12.6. The Morgan fingerprint density at radius 3 is 3.00 bits per heavy atom. The van der Waals surface area contributed by atoms with Gasteiger partial charge in [-0.05, 0) is 25.1 Å².